The van der Waals surface area contributed by atoms with E-state index in [-0.39, 0.29) is 0 Å². The molecule has 0 aliphatic rings. The van der Waals surface area contributed by atoms with Crippen LogP contribution < -0.4 is 10.5 Å². The lowest BCUT2D eigenvalue weighted by Gasteiger charge is -2.08. The SMILES string of the molecule is NC(=S)Cc1ccc(NS(=O)(=O)c2ncccc2F)cc1. The lowest BCUT2D eigenvalue weighted by atomic mass is 10.1. The van der Waals surface area contributed by atoms with E-state index >= 15 is 0 Å². The second-order valence-corrected chi connectivity index (χ2v) is 6.36. The molecule has 0 fully saturated rings. The first-order chi connectivity index (χ1) is 9.88. The van der Waals surface area contributed by atoms with Gasteiger partial charge in [-0.3, -0.25) is 4.72 Å². The Hall–Kier alpha value is -2.06. The van der Waals surface area contributed by atoms with Gasteiger partial charge >= 0.3 is 0 Å². The lowest BCUT2D eigenvalue weighted by molar-refractivity contribution is 0.557. The minimum atomic E-state index is -4.07. The smallest absolute Gasteiger partial charge is 0.282 e. The highest BCUT2D eigenvalue weighted by atomic mass is 32.2. The molecule has 2 rings (SSSR count). The summed E-state index contributed by atoms with van der Waals surface area (Å²) < 4.78 is 39.8. The Kier molecular flexibility index (Phi) is 4.49. The predicted octanol–water partition coefficient (Wildman–Crippen LogP) is 1.85. The number of nitrogens with one attached hydrogen (secondary N) is 1. The molecule has 0 atom stereocenters. The number of hydrogen-bond acceptors (Lipinski definition) is 4. The van der Waals surface area contributed by atoms with Crippen molar-refractivity contribution in [2.45, 2.75) is 11.4 Å². The molecular formula is C13H12FN3O2S2. The van der Waals surface area contributed by atoms with Crippen molar-refractivity contribution in [1.29, 1.82) is 0 Å². The molecule has 8 heteroatoms. The van der Waals surface area contributed by atoms with Crippen LogP contribution in [0.5, 0.6) is 0 Å². The molecule has 0 saturated carbocycles. The summed E-state index contributed by atoms with van der Waals surface area (Å²) in [5.41, 5.74) is 6.58. The number of pyridine rings is 1. The van der Waals surface area contributed by atoms with Gasteiger partial charge in [0.15, 0.2) is 5.82 Å². The molecule has 0 aliphatic heterocycles. The number of thiocarbonyl (C=S) groups is 1. The van der Waals surface area contributed by atoms with E-state index in [1.807, 2.05) is 0 Å². The van der Waals surface area contributed by atoms with E-state index in [1.165, 1.54) is 12.3 Å². The van der Waals surface area contributed by atoms with Crippen molar-refractivity contribution in [3.8, 4) is 0 Å². The molecule has 0 radical (unpaired) electrons. The van der Waals surface area contributed by atoms with Crippen LogP contribution in [-0.2, 0) is 16.4 Å². The minimum Gasteiger partial charge on any atom is -0.393 e. The van der Waals surface area contributed by atoms with Gasteiger partial charge in [-0.15, -0.1) is 0 Å². The third kappa shape index (κ3) is 3.96. The van der Waals surface area contributed by atoms with Crippen LogP contribution in [0.25, 0.3) is 0 Å². The van der Waals surface area contributed by atoms with Crippen molar-refractivity contribution in [3.05, 3.63) is 54.0 Å². The quantitative estimate of drug-likeness (QED) is 0.820. The Bertz CT molecular complexity index is 761. The van der Waals surface area contributed by atoms with Crippen molar-refractivity contribution in [2.75, 3.05) is 4.72 Å². The average molecular weight is 325 g/mol. The van der Waals surface area contributed by atoms with Crippen LogP contribution in [-0.4, -0.2) is 18.4 Å². The van der Waals surface area contributed by atoms with Gasteiger partial charge in [0.05, 0.1) is 4.99 Å². The number of hydrogen-bond donors (Lipinski definition) is 2. The number of benzene rings is 1. The summed E-state index contributed by atoms with van der Waals surface area (Å²) in [5, 5.41) is -0.641. The largest absolute Gasteiger partial charge is 0.393 e. The molecule has 2 aromatic rings. The summed E-state index contributed by atoms with van der Waals surface area (Å²) >= 11 is 4.79. The number of aromatic nitrogens is 1. The zero-order valence-corrected chi connectivity index (χ0v) is 12.4. The number of nitrogens with two attached hydrogens (primary N) is 1. The fraction of sp³-hybridized carbons (Fsp3) is 0.0769. The van der Waals surface area contributed by atoms with E-state index < -0.39 is 20.9 Å². The summed E-state index contributed by atoms with van der Waals surface area (Å²) in [5.74, 6) is -0.907. The topological polar surface area (TPSA) is 85.1 Å². The molecule has 0 saturated heterocycles. The van der Waals surface area contributed by atoms with Gasteiger partial charge in [-0.1, -0.05) is 24.4 Å². The first kappa shape index (κ1) is 15.3. The predicted molar refractivity (Wildman–Crippen MR) is 81.9 cm³/mol. The highest BCUT2D eigenvalue weighted by Crippen LogP contribution is 2.17. The standard InChI is InChI=1S/C13H12FN3O2S2/c14-11-2-1-7-16-13(11)21(18,19)17-10-5-3-9(4-6-10)8-12(15)20/h1-7,17H,8H2,(H2,15,20). The van der Waals surface area contributed by atoms with E-state index in [9.17, 15) is 12.8 Å². The Balaban J connectivity index is 2.21. The van der Waals surface area contributed by atoms with E-state index in [4.69, 9.17) is 18.0 Å². The van der Waals surface area contributed by atoms with Gasteiger partial charge in [0.25, 0.3) is 10.0 Å². The van der Waals surface area contributed by atoms with Crippen LogP contribution in [0, 0.1) is 5.82 Å². The molecule has 1 aromatic heterocycles. The molecule has 0 spiro atoms. The second-order valence-electron chi connectivity index (χ2n) is 4.24. The summed E-state index contributed by atoms with van der Waals surface area (Å²) in [4.78, 5) is 3.89. The lowest BCUT2D eigenvalue weighted by Crippen LogP contribution is -2.16. The fourth-order valence-corrected chi connectivity index (χ4v) is 2.90. The van der Waals surface area contributed by atoms with Gasteiger partial charge in [-0.2, -0.15) is 8.42 Å². The summed E-state index contributed by atoms with van der Waals surface area (Å²) in [6.07, 6.45) is 1.64. The van der Waals surface area contributed by atoms with Crippen LogP contribution in [0.2, 0.25) is 0 Å². The van der Waals surface area contributed by atoms with Crippen molar-refractivity contribution in [1.82, 2.24) is 4.98 Å². The molecule has 0 amide bonds. The first-order valence-corrected chi connectivity index (χ1v) is 7.78. The number of sulfonamides is 1. The maximum Gasteiger partial charge on any atom is 0.282 e. The number of anilines is 1. The summed E-state index contributed by atoms with van der Waals surface area (Å²) in [6, 6.07) is 8.82. The van der Waals surface area contributed by atoms with Crippen LogP contribution in [0.4, 0.5) is 10.1 Å². The van der Waals surface area contributed by atoms with Crippen LogP contribution in [0.3, 0.4) is 0 Å². The monoisotopic (exact) mass is 325 g/mol. The van der Waals surface area contributed by atoms with E-state index in [2.05, 4.69) is 9.71 Å². The number of halogens is 1. The molecule has 21 heavy (non-hydrogen) atoms. The van der Waals surface area contributed by atoms with Gasteiger partial charge in [0.2, 0.25) is 5.03 Å². The third-order valence-electron chi connectivity index (χ3n) is 2.56. The molecular weight excluding hydrogens is 313 g/mol. The Morgan fingerprint density at radius 2 is 1.95 bits per heavy atom. The molecule has 0 unspecified atom stereocenters. The zero-order chi connectivity index (χ0) is 15.5. The third-order valence-corrected chi connectivity index (χ3v) is 4.02. The molecule has 0 aliphatic carbocycles. The number of nitrogens with zero attached hydrogens (tertiary/aromatic N) is 1. The van der Waals surface area contributed by atoms with Crippen molar-refractivity contribution in [3.63, 3.8) is 0 Å². The molecule has 5 nitrogen and oxygen atoms in total. The molecule has 3 N–H and O–H groups in total. The Morgan fingerprint density at radius 1 is 1.29 bits per heavy atom. The van der Waals surface area contributed by atoms with Crippen LogP contribution in [0.1, 0.15) is 5.56 Å². The van der Waals surface area contributed by atoms with Crippen molar-refractivity contribution >= 4 is 32.9 Å². The van der Waals surface area contributed by atoms with Gasteiger partial charge < -0.3 is 5.73 Å². The minimum absolute atomic E-state index is 0.298. The molecule has 0 bridgehead atoms. The Labute approximate surface area is 127 Å². The first-order valence-electron chi connectivity index (χ1n) is 5.89. The highest BCUT2D eigenvalue weighted by Gasteiger charge is 2.20. The van der Waals surface area contributed by atoms with Crippen LogP contribution >= 0.6 is 12.2 Å². The highest BCUT2D eigenvalue weighted by molar-refractivity contribution is 7.92. The van der Waals surface area contributed by atoms with E-state index in [0.29, 0.717) is 17.1 Å². The second kappa shape index (κ2) is 6.15. The summed E-state index contributed by atoms with van der Waals surface area (Å²) in [6.45, 7) is 0. The molecule has 1 aromatic carbocycles. The van der Waals surface area contributed by atoms with Crippen LogP contribution in [0.15, 0.2) is 47.6 Å². The number of rotatable bonds is 5. The fourth-order valence-electron chi connectivity index (χ4n) is 1.66. The van der Waals surface area contributed by atoms with Gasteiger partial charge in [0, 0.05) is 18.3 Å². The van der Waals surface area contributed by atoms with Crippen molar-refractivity contribution < 1.29 is 12.8 Å². The van der Waals surface area contributed by atoms with E-state index in [1.54, 1.807) is 24.3 Å². The van der Waals surface area contributed by atoms with Gasteiger partial charge in [-0.25, -0.2) is 9.37 Å². The normalized spacial score (nSPS) is 11.1. The maximum atomic E-state index is 13.5. The summed E-state index contributed by atoms with van der Waals surface area (Å²) in [7, 11) is -4.07. The zero-order valence-electron chi connectivity index (χ0n) is 10.8. The maximum absolute atomic E-state index is 13.5. The van der Waals surface area contributed by atoms with Gasteiger partial charge in [0.1, 0.15) is 0 Å². The van der Waals surface area contributed by atoms with Crippen molar-refractivity contribution in [2.24, 2.45) is 5.73 Å². The molecule has 110 valence electrons. The Morgan fingerprint density at radius 3 is 2.52 bits per heavy atom. The molecule has 1 heterocycles. The van der Waals surface area contributed by atoms with E-state index in [0.717, 1.165) is 11.6 Å². The average Bonchev–Trinajstić information content (AvgIpc) is 2.40. The van der Waals surface area contributed by atoms with Gasteiger partial charge in [-0.05, 0) is 29.8 Å².